The molecule has 2 heterocycles. The number of benzene rings is 1. The maximum absolute atomic E-state index is 14.5. The third-order valence-electron chi connectivity index (χ3n) is 4.39. The summed E-state index contributed by atoms with van der Waals surface area (Å²) >= 11 is 0. The first kappa shape index (κ1) is 20.8. The number of fused-ring (bicyclic) bond motifs is 3. The standard InChI is InChI=1S/C20H27FN6O2/c1-20(2,3)29-19(28)27(4)14-10-12(21)9-13-15-17(23-8-6-5-7-22)24-11-25-18(15)26-16(13)14/h9-11H,5-8,22H2,1-4H3,(H2,23,24,25,26). The van der Waals surface area contributed by atoms with E-state index in [-0.39, 0.29) is 0 Å². The Kier molecular flexibility index (Phi) is 5.88. The highest BCUT2D eigenvalue weighted by Gasteiger charge is 2.24. The molecule has 29 heavy (non-hydrogen) atoms. The molecule has 1 aromatic carbocycles. The van der Waals surface area contributed by atoms with Gasteiger partial charge < -0.3 is 20.8 Å². The lowest BCUT2D eigenvalue weighted by Gasteiger charge is -2.25. The van der Waals surface area contributed by atoms with Crippen LogP contribution in [0.4, 0.5) is 20.7 Å². The molecule has 0 atom stereocenters. The number of hydrogen-bond donors (Lipinski definition) is 3. The van der Waals surface area contributed by atoms with Gasteiger partial charge in [-0.05, 0) is 52.3 Å². The first-order chi connectivity index (χ1) is 13.7. The van der Waals surface area contributed by atoms with E-state index in [2.05, 4.69) is 20.3 Å². The molecule has 0 aliphatic carbocycles. The zero-order chi connectivity index (χ0) is 21.2. The Balaban J connectivity index is 2.06. The molecule has 8 nitrogen and oxygen atoms in total. The SMILES string of the molecule is CN(C(=O)OC(C)(C)C)c1cc(F)cc2c1[nH]c1ncnc(NCCCCN)c12. The van der Waals surface area contributed by atoms with E-state index < -0.39 is 17.5 Å². The average molecular weight is 402 g/mol. The number of nitrogens with two attached hydrogens (primary N) is 1. The zero-order valence-electron chi connectivity index (χ0n) is 17.2. The van der Waals surface area contributed by atoms with E-state index in [4.69, 9.17) is 10.5 Å². The van der Waals surface area contributed by atoms with Crippen LogP contribution < -0.4 is 16.0 Å². The molecule has 156 valence electrons. The summed E-state index contributed by atoms with van der Waals surface area (Å²) in [6.07, 6.45) is 2.66. The van der Waals surface area contributed by atoms with E-state index in [9.17, 15) is 9.18 Å². The van der Waals surface area contributed by atoms with E-state index in [0.717, 1.165) is 12.8 Å². The summed E-state index contributed by atoms with van der Waals surface area (Å²) in [4.78, 5) is 25.6. The van der Waals surface area contributed by atoms with Gasteiger partial charge in [-0.25, -0.2) is 19.2 Å². The van der Waals surface area contributed by atoms with E-state index in [1.807, 2.05) is 0 Å². The molecule has 0 aliphatic heterocycles. The molecule has 3 aromatic rings. The summed E-state index contributed by atoms with van der Waals surface area (Å²) < 4.78 is 19.9. The van der Waals surface area contributed by atoms with Gasteiger partial charge in [0.15, 0.2) is 0 Å². The van der Waals surface area contributed by atoms with Crippen molar-refractivity contribution in [3.8, 4) is 0 Å². The highest BCUT2D eigenvalue weighted by atomic mass is 19.1. The van der Waals surface area contributed by atoms with Gasteiger partial charge >= 0.3 is 6.09 Å². The summed E-state index contributed by atoms with van der Waals surface area (Å²) in [5, 5.41) is 4.53. The van der Waals surface area contributed by atoms with Crippen LogP contribution in [0.25, 0.3) is 21.9 Å². The molecule has 0 radical (unpaired) electrons. The largest absolute Gasteiger partial charge is 0.443 e. The average Bonchev–Trinajstić information content (AvgIpc) is 3.01. The highest BCUT2D eigenvalue weighted by Crippen LogP contribution is 2.35. The molecule has 1 amide bonds. The number of ether oxygens (including phenoxy) is 1. The van der Waals surface area contributed by atoms with Crippen LogP contribution in [-0.4, -0.2) is 46.8 Å². The highest BCUT2D eigenvalue weighted by molar-refractivity contribution is 6.15. The van der Waals surface area contributed by atoms with Crippen LogP contribution in [0.3, 0.4) is 0 Å². The number of anilines is 2. The monoisotopic (exact) mass is 402 g/mol. The molecule has 9 heteroatoms. The van der Waals surface area contributed by atoms with E-state index >= 15 is 0 Å². The lowest BCUT2D eigenvalue weighted by atomic mass is 10.1. The number of H-pyrrole nitrogens is 1. The Morgan fingerprint density at radius 1 is 1.31 bits per heavy atom. The molecule has 3 rings (SSSR count). The van der Waals surface area contributed by atoms with Gasteiger partial charge in [-0.15, -0.1) is 0 Å². The van der Waals surface area contributed by atoms with Gasteiger partial charge in [-0.2, -0.15) is 0 Å². The van der Waals surface area contributed by atoms with Crippen molar-refractivity contribution in [3.63, 3.8) is 0 Å². The van der Waals surface area contributed by atoms with Crippen LogP contribution in [-0.2, 0) is 4.74 Å². The number of carbonyl (C=O) groups is 1. The van der Waals surface area contributed by atoms with Crippen molar-refractivity contribution in [2.45, 2.75) is 39.2 Å². The number of unbranched alkanes of at least 4 members (excludes halogenated alkanes) is 1. The Morgan fingerprint density at radius 3 is 2.76 bits per heavy atom. The second-order valence-corrected chi connectivity index (χ2v) is 7.88. The molecule has 4 N–H and O–H groups in total. The minimum Gasteiger partial charge on any atom is -0.443 e. The van der Waals surface area contributed by atoms with Gasteiger partial charge in [0.25, 0.3) is 0 Å². The third-order valence-corrected chi connectivity index (χ3v) is 4.39. The van der Waals surface area contributed by atoms with Gasteiger partial charge in [-0.3, -0.25) is 4.90 Å². The zero-order valence-corrected chi connectivity index (χ0v) is 17.2. The van der Waals surface area contributed by atoms with Crippen LogP contribution in [0.15, 0.2) is 18.5 Å². The summed E-state index contributed by atoms with van der Waals surface area (Å²) in [5.41, 5.74) is 6.38. The van der Waals surface area contributed by atoms with Crippen molar-refractivity contribution in [1.29, 1.82) is 0 Å². The predicted octanol–water partition coefficient (Wildman–Crippen LogP) is 3.77. The van der Waals surface area contributed by atoms with Gasteiger partial charge in [0, 0.05) is 19.0 Å². The number of nitrogens with zero attached hydrogens (tertiary/aromatic N) is 3. The molecule has 0 spiro atoms. The first-order valence-corrected chi connectivity index (χ1v) is 9.58. The Hall–Kier alpha value is -2.94. The number of halogens is 1. The number of aromatic amines is 1. The van der Waals surface area contributed by atoms with Gasteiger partial charge in [-0.1, -0.05) is 0 Å². The predicted molar refractivity (Wildman–Crippen MR) is 113 cm³/mol. The van der Waals surface area contributed by atoms with Gasteiger partial charge in [0.2, 0.25) is 0 Å². The maximum Gasteiger partial charge on any atom is 0.414 e. The van der Waals surface area contributed by atoms with Crippen molar-refractivity contribution in [2.24, 2.45) is 5.73 Å². The van der Waals surface area contributed by atoms with Gasteiger partial charge in [0.05, 0.1) is 16.6 Å². The van der Waals surface area contributed by atoms with Crippen LogP contribution >= 0.6 is 0 Å². The van der Waals surface area contributed by atoms with Crippen molar-refractivity contribution < 1.29 is 13.9 Å². The summed E-state index contributed by atoms with van der Waals surface area (Å²) in [6.45, 7) is 6.65. The van der Waals surface area contributed by atoms with Crippen LogP contribution in [0.5, 0.6) is 0 Å². The first-order valence-electron chi connectivity index (χ1n) is 9.58. The lowest BCUT2D eigenvalue weighted by Crippen LogP contribution is -2.34. The number of carbonyl (C=O) groups excluding carboxylic acids is 1. The Morgan fingerprint density at radius 2 is 2.07 bits per heavy atom. The number of aromatic nitrogens is 3. The normalized spacial score (nSPS) is 11.8. The van der Waals surface area contributed by atoms with E-state index in [1.165, 1.54) is 23.4 Å². The second kappa shape index (κ2) is 8.20. The fourth-order valence-electron chi connectivity index (χ4n) is 3.08. The Bertz CT molecular complexity index is 1030. The lowest BCUT2D eigenvalue weighted by molar-refractivity contribution is 0.0589. The minimum absolute atomic E-state index is 0.362. The number of nitrogens with one attached hydrogen (secondary N) is 2. The quantitative estimate of drug-likeness (QED) is 0.542. The van der Waals surface area contributed by atoms with Crippen molar-refractivity contribution in [1.82, 2.24) is 15.0 Å². The second-order valence-electron chi connectivity index (χ2n) is 7.88. The van der Waals surface area contributed by atoms with Crippen molar-refractivity contribution >= 4 is 39.5 Å². The fourth-order valence-corrected chi connectivity index (χ4v) is 3.08. The molecule has 0 aliphatic rings. The topological polar surface area (TPSA) is 109 Å². The molecular formula is C20H27FN6O2. The molecule has 0 saturated heterocycles. The molecule has 0 saturated carbocycles. The van der Waals surface area contributed by atoms with Crippen molar-refractivity contribution in [2.75, 3.05) is 30.4 Å². The van der Waals surface area contributed by atoms with Crippen molar-refractivity contribution in [3.05, 3.63) is 24.3 Å². The summed E-state index contributed by atoms with van der Waals surface area (Å²) in [6, 6.07) is 2.71. The molecular weight excluding hydrogens is 375 g/mol. The van der Waals surface area contributed by atoms with E-state index in [1.54, 1.807) is 27.8 Å². The number of amides is 1. The molecule has 0 fully saturated rings. The van der Waals surface area contributed by atoms with Gasteiger partial charge in [0.1, 0.15) is 29.2 Å². The molecule has 0 unspecified atom stereocenters. The van der Waals surface area contributed by atoms with E-state index in [0.29, 0.717) is 46.5 Å². The Labute approximate surface area is 168 Å². The summed E-state index contributed by atoms with van der Waals surface area (Å²) in [5.74, 6) is 0.136. The smallest absolute Gasteiger partial charge is 0.414 e. The van der Waals surface area contributed by atoms with Crippen LogP contribution in [0.2, 0.25) is 0 Å². The maximum atomic E-state index is 14.5. The number of rotatable bonds is 6. The fraction of sp³-hybridized carbons (Fsp3) is 0.450. The minimum atomic E-state index is -0.662. The molecule has 2 aromatic heterocycles. The van der Waals surface area contributed by atoms with Crippen LogP contribution in [0.1, 0.15) is 33.6 Å². The third kappa shape index (κ3) is 4.56. The summed E-state index contributed by atoms with van der Waals surface area (Å²) in [7, 11) is 1.55. The van der Waals surface area contributed by atoms with Crippen LogP contribution in [0, 0.1) is 5.82 Å². The number of hydrogen-bond acceptors (Lipinski definition) is 6. The molecule has 0 bridgehead atoms.